The van der Waals surface area contributed by atoms with E-state index >= 15 is 0 Å². The molecule has 8 nitrogen and oxygen atoms in total. The van der Waals surface area contributed by atoms with Crippen LogP contribution in [0.4, 0.5) is 11.6 Å². The fraction of sp³-hybridized carbons (Fsp3) is 0.190. The van der Waals surface area contributed by atoms with E-state index in [4.69, 9.17) is 14.2 Å². The number of aryl methyl sites for hydroxylation is 1. The maximum Gasteiger partial charge on any atom is 0.238 e. The van der Waals surface area contributed by atoms with Gasteiger partial charge in [0, 0.05) is 29.4 Å². The Kier molecular flexibility index (Phi) is 4.90. The molecule has 1 N–H and O–H groups in total. The van der Waals surface area contributed by atoms with Crippen LogP contribution in [-0.4, -0.2) is 40.8 Å². The molecule has 0 saturated heterocycles. The van der Waals surface area contributed by atoms with Gasteiger partial charge in [0.05, 0.1) is 26.8 Å². The molecule has 2 aromatic heterocycles. The zero-order valence-corrected chi connectivity index (χ0v) is 16.6. The molecule has 2 aromatic carbocycles. The highest BCUT2D eigenvalue weighted by Gasteiger charge is 2.15. The summed E-state index contributed by atoms with van der Waals surface area (Å²) in [5.74, 6) is 2.52. The Morgan fingerprint density at radius 3 is 2.34 bits per heavy atom. The van der Waals surface area contributed by atoms with Crippen LogP contribution in [0.5, 0.6) is 17.2 Å². The fourth-order valence-corrected chi connectivity index (χ4v) is 3.26. The van der Waals surface area contributed by atoms with Crippen LogP contribution in [-0.2, 0) is 0 Å². The summed E-state index contributed by atoms with van der Waals surface area (Å²) in [6.45, 7) is 2.06. The number of hydrogen-bond donors (Lipinski definition) is 1. The molecule has 8 heteroatoms. The molecule has 0 spiro atoms. The third-order valence-electron chi connectivity index (χ3n) is 4.61. The zero-order valence-electron chi connectivity index (χ0n) is 16.6. The molecule has 0 amide bonds. The molecule has 0 unspecified atom stereocenters. The molecule has 2 heterocycles. The highest BCUT2D eigenvalue weighted by atomic mass is 16.5. The van der Waals surface area contributed by atoms with E-state index in [0.29, 0.717) is 34.8 Å². The monoisotopic (exact) mass is 391 g/mol. The summed E-state index contributed by atoms with van der Waals surface area (Å²) in [6, 6.07) is 11.7. The second-order valence-electron chi connectivity index (χ2n) is 6.35. The molecule has 4 rings (SSSR count). The van der Waals surface area contributed by atoms with Crippen molar-refractivity contribution in [2.45, 2.75) is 6.92 Å². The van der Waals surface area contributed by atoms with Crippen molar-refractivity contribution in [1.82, 2.24) is 19.5 Å². The largest absolute Gasteiger partial charge is 0.493 e. The van der Waals surface area contributed by atoms with Crippen LogP contribution >= 0.6 is 0 Å². The van der Waals surface area contributed by atoms with E-state index in [9.17, 15) is 0 Å². The molecule has 0 saturated carbocycles. The summed E-state index contributed by atoms with van der Waals surface area (Å²) in [5.41, 5.74) is 2.89. The van der Waals surface area contributed by atoms with Crippen LogP contribution in [0, 0.1) is 6.92 Å². The van der Waals surface area contributed by atoms with Gasteiger partial charge in [-0.3, -0.25) is 4.57 Å². The van der Waals surface area contributed by atoms with Gasteiger partial charge in [-0.25, -0.2) is 9.97 Å². The van der Waals surface area contributed by atoms with Crippen molar-refractivity contribution in [3.8, 4) is 23.2 Å². The van der Waals surface area contributed by atoms with Crippen molar-refractivity contribution in [1.29, 1.82) is 0 Å². The summed E-state index contributed by atoms with van der Waals surface area (Å²) in [6.07, 6.45) is 3.50. The first-order valence-electron chi connectivity index (χ1n) is 8.97. The topological polar surface area (TPSA) is 83.3 Å². The Balaban J connectivity index is 1.72. The number of hydrogen-bond acceptors (Lipinski definition) is 7. The van der Waals surface area contributed by atoms with Gasteiger partial charge in [0.1, 0.15) is 6.33 Å². The number of para-hydroxylation sites is 1. The van der Waals surface area contributed by atoms with E-state index in [1.807, 2.05) is 29.0 Å². The molecule has 0 fully saturated rings. The molecule has 0 aliphatic rings. The summed E-state index contributed by atoms with van der Waals surface area (Å²) in [5, 5.41) is 4.34. The first-order valence-corrected chi connectivity index (χ1v) is 8.97. The van der Waals surface area contributed by atoms with Gasteiger partial charge in [-0.15, -0.1) is 0 Å². The van der Waals surface area contributed by atoms with Crippen LogP contribution < -0.4 is 19.5 Å². The number of nitrogens with one attached hydrogen (secondary N) is 1. The zero-order chi connectivity index (χ0) is 20.4. The standard InChI is InChI=1S/C21H21N5O3/c1-13-11-26(16-8-6-5-7-15(13)16)21-23-12-22-20(25-21)24-14-9-17(27-2)19(29-4)18(10-14)28-3/h5-12H,1-4H3,(H,22,23,24,25). The van der Waals surface area contributed by atoms with Gasteiger partial charge in [-0.1, -0.05) is 18.2 Å². The van der Waals surface area contributed by atoms with Gasteiger partial charge in [-0.05, 0) is 18.6 Å². The number of anilines is 2. The second kappa shape index (κ2) is 7.67. The minimum absolute atomic E-state index is 0.403. The van der Waals surface area contributed by atoms with Crippen molar-refractivity contribution >= 4 is 22.5 Å². The number of fused-ring (bicyclic) bond motifs is 1. The van der Waals surface area contributed by atoms with Gasteiger partial charge in [0.15, 0.2) is 11.5 Å². The van der Waals surface area contributed by atoms with Crippen molar-refractivity contribution in [3.63, 3.8) is 0 Å². The number of benzene rings is 2. The molecule has 29 heavy (non-hydrogen) atoms. The summed E-state index contributed by atoms with van der Waals surface area (Å²) >= 11 is 0. The van der Waals surface area contributed by atoms with E-state index < -0.39 is 0 Å². The number of rotatable bonds is 6. The van der Waals surface area contributed by atoms with Crippen LogP contribution in [0.25, 0.3) is 16.9 Å². The Labute approximate surface area is 168 Å². The predicted molar refractivity (Wildman–Crippen MR) is 111 cm³/mol. The number of methoxy groups -OCH3 is 3. The highest BCUT2D eigenvalue weighted by molar-refractivity contribution is 5.84. The van der Waals surface area contributed by atoms with E-state index in [-0.39, 0.29) is 0 Å². The maximum atomic E-state index is 5.40. The third kappa shape index (κ3) is 3.40. The average Bonchev–Trinajstić information content (AvgIpc) is 3.10. The summed E-state index contributed by atoms with van der Waals surface area (Å²) in [7, 11) is 4.71. The lowest BCUT2D eigenvalue weighted by atomic mass is 10.2. The average molecular weight is 391 g/mol. The van der Waals surface area contributed by atoms with E-state index in [2.05, 4.69) is 33.3 Å². The second-order valence-corrected chi connectivity index (χ2v) is 6.35. The normalized spacial score (nSPS) is 10.8. The smallest absolute Gasteiger partial charge is 0.238 e. The van der Waals surface area contributed by atoms with Crippen LogP contribution in [0.3, 0.4) is 0 Å². The molecular formula is C21H21N5O3. The molecule has 0 bridgehead atoms. The van der Waals surface area contributed by atoms with Gasteiger partial charge < -0.3 is 19.5 Å². The molecule has 0 aliphatic carbocycles. The Morgan fingerprint density at radius 2 is 1.66 bits per heavy atom. The fourth-order valence-electron chi connectivity index (χ4n) is 3.26. The van der Waals surface area contributed by atoms with Crippen molar-refractivity contribution < 1.29 is 14.2 Å². The number of nitrogens with zero attached hydrogens (tertiary/aromatic N) is 4. The van der Waals surface area contributed by atoms with Crippen LogP contribution in [0.15, 0.2) is 48.9 Å². The Morgan fingerprint density at radius 1 is 0.931 bits per heavy atom. The van der Waals surface area contributed by atoms with Crippen molar-refractivity contribution in [3.05, 3.63) is 54.5 Å². The summed E-state index contributed by atoms with van der Waals surface area (Å²) in [4.78, 5) is 13.2. The Hall–Kier alpha value is -3.81. The molecule has 0 radical (unpaired) electrons. The number of ether oxygens (including phenoxy) is 3. The van der Waals surface area contributed by atoms with E-state index in [1.54, 1.807) is 33.5 Å². The first kappa shape index (κ1) is 18.5. The lowest BCUT2D eigenvalue weighted by Crippen LogP contribution is -2.05. The third-order valence-corrected chi connectivity index (χ3v) is 4.61. The minimum Gasteiger partial charge on any atom is -0.493 e. The lowest BCUT2D eigenvalue weighted by molar-refractivity contribution is 0.324. The molecule has 148 valence electrons. The van der Waals surface area contributed by atoms with Crippen molar-refractivity contribution in [2.75, 3.05) is 26.6 Å². The lowest BCUT2D eigenvalue weighted by Gasteiger charge is -2.14. The predicted octanol–water partition coefficient (Wildman–Crippen LogP) is 3.89. The quantitative estimate of drug-likeness (QED) is 0.534. The van der Waals surface area contributed by atoms with Gasteiger partial charge in [0.2, 0.25) is 17.6 Å². The molecular weight excluding hydrogens is 370 g/mol. The van der Waals surface area contributed by atoms with Gasteiger partial charge in [-0.2, -0.15) is 4.98 Å². The molecule has 0 atom stereocenters. The summed E-state index contributed by atoms with van der Waals surface area (Å²) < 4.78 is 18.1. The molecule has 0 aliphatic heterocycles. The van der Waals surface area contributed by atoms with Crippen molar-refractivity contribution in [2.24, 2.45) is 0 Å². The maximum absolute atomic E-state index is 5.40. The molecule has 4 aromatic rings. The van der Waals surface area contributed by atoms with E-state index in [1.165, 1.54) is 6.33 Å². The van der Waals surface area contributed by atoms with Crippen LogP contribution in [0.1, 0.15) is 5.56 Å². The minimum atomic E-state index is 0.403. The highest BCUT2D eigenvalue weighted by Crippen LogP contribution is 2.40. The Bertz CT molecular complexity index is 1150. The van der Waals surface area contributed by atoms with E-state index in [0.717, 1.165) is 16.5 Å². The van der Waals surface area contributed by atoms with Gasteiger partial charge >= 0.3 is 0 Å². The SMILES string of the molecule is COc1cc(Nc2ncnc(-n3cc(C)c4ccccc43)n2)cc(OC)c1OC. The van der Waals surface area contributed by atoms with Crippen LogP contribution in [0.2, 0.25) is 0 Å². The van der Waals surface area contributed by atoms with Gasteiger partial charge in [0.25, 0.3) is 0 Å². The number of aromatic nitrogens is 4. The first-order chi connectivity index (χ1) is 14.1.